The van der Waals surface area contributed by atoms with Crippen molar-refractivity contribution < 1.29 is 4.79 Å². The summed E-state index contributed by atoms with van der Waals surface area (Å²) < 4.78 is 0. The summed E-state index contributed by atoms with van der Waals surface area (Å²) in [5.41, 5.74) is 0.914. The number of piperidine rings is 1. The molecule has 1 heterocycles. The molecular formula is C16H23Cl3N2O. The molecule has 1 aliphatic heterocycles. The third-order valence-electron chi connectivity index (χ3n) is 3.98. The molecule has 2 atom stereocenters. The highest BCUT2D eigenvalue weighted by Gasteiger charge is 2.30. The predicted octanol–water partition coefficient (Wildman–Crippen LogP) is 3.60. The standard InChI is InChI=1S/C16H22Cl2N2O.ClH/c1-20(2)16(14-5-3-4-8-19-14)15(21)10-11-6-7-12(17)13(18)9-11;/h6-7,9,14,16,19H,3-5,8,10H2,1-2H3;1H. The van der Waals surface area contributed by atoms with E-state index in [1.807, 2.05) is 25.1 Å². The van der Waals surface area contributed by atoms with Gasteiger partial charge in [-0.3, -0.25) is 9.69 Å². The minimum absolute atomic E-state index is 0. The van der Waals surface area contributed by atoms with Crippen LogP contribution in [0.2, 0.25) is 10.0 Å². The summed E-state index contributed by atoms with van der Waals surface area (Å²) in [5.74, 6) is 0.220. The van der Waals surface area contributed by atoms with Crippen LogP contribution in [0.3, 0.4) is 0 Å². The molecule has 2 unspecified atom stereocenters. The van der Waals surface area contributed by atoms with Gasteiger partial charge < -0.3 is 5.32 Å². The van der Waals surface area contributed by atoms with Gasteiger partial charge in [0, 0.05) is 12.5 Å². The largest absolute Gasteiger partial charge is 0.312 e. The number of carbonyl (C=O) groups excluding carboxylic acids is 1. The normalized spacial score (nSPS) is 19.6. The minimum atomic E-state index is -0.0975. The Morgan fingerprint density at radius 1 is 1.32 bits per heavy atom. The van der Waals surface area contributed by atoms with E-state index in [4.69, 9.17) is 23.2 Å². The van der Waals surface area contributed by atoms with Gasteiger partial charge >= 0.3 is 0 Å². The van der Waals surface area contributed by atoms with Crippen LogP contribution in [-0.4, -0.2) is 43.4 Å². The molecule has 0 radical (unpaired) electrons. The van der Waals surface area contributed by atoms with Crippen LogP contribution < -0.4 is 5.32 Å². The van der Waals surface area contributed by atoms with Crippen molar-refractivity contribution in [2.45, 2.75) is 37.8 Å². The van der Waals surface area contributed by atoms with Crippen LogP contribution in [0.25, 0.3) is 0 Å². The van der Waals surface area contributed by atoms with Crippen LogP contribution in [0, 0.1) is 0 Å². The Balaban J connectivity index is 0.00000242. The molecule has 3 nitrogen and oxygen atoms in total. The van der Waals surface area contributed by atoms with E-state index < -0.39 is 0 Å². The summed E-state index contributed by atoms with van der Waals surface area (Å²) in [6, 6.07) is 5.54. The van der Waals surface area contributed by atoms with Crippen molar-refractivity contribution in [3.63, 3.8) is 0 Å². The summed E-state index contributed by atoms with van der Waals surface area (Å²) in [4.78, 5) is 14.7. The van der Waals surface area contributed by atoms with E-state index in [2.05, 4.69) is 5.32 Å². The van der Waals surface area contributed by atoms with Crippen molar-refractivity contribution in [3.8, 4) is 0 Å². The van der Waals surface area contributed by atoms with Gasteiger partial charge in [-0.15, -0.1) is 12.4 Å². The lowest BCUT2D eigenvalue weighted by molar-refractivity contribution is -0.124. The van der Waals surface area contributed by atoms with E-state index in [0.717, 1.165) is 18.5 Å². The number of ketones is 1. The first-order chi connectivity index (χ1) is 9.99. The third kappa shape index (κ3) is 5.10. The maximum atomic E-state index is 12.7. The molecule has 2 rings (SSSR count). The summed E-state index contributed by atoms with van der Waals surface area (Å²) in [6.45, 7) is 0.995. The van der Waals surface area contributed by atoms with Crippen molar-refractivity contribution in [2.75, 3.05) is 20.6 Å². The number of carbonyl (C=O) groups is 1. The fourth-order valence-electron chi connectivity index (χ4n) is 2.98. The van der Waals surface area contributed by atoms with Gasteiger partial charge in [0.2, 0.25) is 0 Å². The smallest absolute Gasteiger partial charge is 0.155 e. The molecular weight excluding hydrogens is 343 g/mol. The number of likely N-dealkylation sites (N-methyl/N-ethyl adjacent to an activating group) is 1. The lowest BCUT2D eigenvalue weighted by Gasteiger charge is -2.34. The zero-order valence-electron chi connectivity index (χ0n) is 12.9. The van der Waals surface area contributed by atoms with E-state index in [-0.39, 0.29) is 30.3 Å². The Morgan fingerprint density at radius 2 is 2.05 bits per heavy atom. The van der Waals surface area contributed by atoms with E-state index in [9.17, 15) is 4.79 Å². The molecule has 0 saturated carbocycles. The van der Waals surface area contributed by atoms with Crippen LogP contribution in [0.15, 0.2) is 18.2 Å². The number of halogens is 3. The Bertz CT molecular complexity index is 502. The molecule has 1 N–H and O–H groups in total. The van der Waals surface area contributed by atoms with Gasteiger partial charge in [-0.2, -0.15) is 0 Å². The van der Waals surface area contributed by atoms with Gasteiger partial charge in [-0.05, 0) is 51.2 Å². The fraction of sp³-hybridized carbons (Fsp3) is 0.562. The maximum absolute atomic E-state index is 12.7. The van der Waals surface area contributed by atoms with Crippen molar-refractivity contribution >= 4 is 41.4 Å². The van der Waals surface area contributed by atoms with Crippen LogP contribution in [0.1, 0.15) is 24.8 Å². The molecule has 0 amide bonds. The maximum Gasteiger partial charge on any atom is 0.155 e. The zero-order valence-corrected chi connectivity index (χ0v) is 15.3. The minimum Gasteiger partial charge on any atom is -0.312 e. The van der Waals surface area contributed by atoms with Gasteiger partial charge in [0.15, 0.2) is 5.78 Å². The molecule has 124 valence electrons. The van der Waals surface area contributed by atoms with Crippen molar-refractivity contribution in [1.82, 2.24) is 10.2 Å². The van der Waals surface area contributed by atoms with Crippen LogP contribution in [0.4, 0.5) is 0 Å². The molecule has 22 heavy (non-hydrogen) atoms. The van der Waals surface area contributed by atoms with Gasteiger partial charge in [-0.1, -0.05) is 35.7 Å². The van der Waals surface area contributed by atoms with E-state index >= 15 is 0 Å². The first-order valence-corrected chi connectivity index (χ1v) is 8.11. The number of nitrogens with zero attached hydrogens (tertiary/aromatic N) is 1. The topological polar surface area (TPSA) is 32.3 Å². The highest BCUT2D eigenvalue weighted by atomic mass is 35.5. The summed E-state index contributed by atoms with van der Waals surface area (Å²) >= 11 is 11.9. The molecule has 6 heteroatoms. The molecule has 0 aromatic heterocycles. The predicted molar refractivity (Wildman–Crippen MR) is 95.5 cm³/mol. The molecule has 0 spiro atoms. The second kappa shape index (κ2) is 9.09. The monoisotopic (exact) mass is 364 g/mol. The summed E-state index contributed by atoms with van der Waals surface area (Å²) in [7, 11) is 3.93. The average molecular weight is 366 g/mol. The molecule has 1 aromatic carbocycles. The molecule has 1 fully saturated rings. The Labute approximate surface area is 148 Å². The lowest BCUT2D eigenvalue weighted by atomic mass is 9.91. The summed E-state index contributed by atoms with van der Waals surface area (Å²) in [6.07, 6.45) is 3.81. The van der Waals surface area contributed by atoms with Crippen LogP contribution in [-0.2, 0) is 11.2 Å². The lowest BCUT2D eigenvalue weighted by Crippen LogP contribution is -2.53. The highest BCUT2D eigenvalue weighted by molar-refractivity contribution is 6.42. The third-order valence-corrected chi connectivity index (χ3v) is 4.72. The number of benzene rings is 1. The van der Waals surface area contributed by atoms with Crippen molar-refractivity contribution in [3.05, 3.63) is 33.8 Å². The first-order valence-electron chi connectivity index (χ1n) is 7.35. The van der Waals surface area contributed by atoms with Crippen LogP contribution >= 0.6 is 35.6 Å². The first kappa shape index (κ1) is 19.7. The molecule has 0 bridgehead atoms. The fourth-order valence-corrected chi connectivity index (χ4v) is 3.30. The SMILES string of the molecule is CN(C)C(C(=O)Cc1ccc(Cl)c(Cl)c1)C1CCCCN1.Cl. The molecule has 1 aromatic rings. The number of rotatable bonds is 5. The van der Waals surface area contributed by atoms with Gasteiger partial charge in [0.1, 0.15) is 0 Å². The zero-order chi connectivity index (χ0) is 15.4. The quantitative estimate of drug-likeness (QED) is 0.865. The van der Waals surface area contributed by atoms with Crippen molar-refractivity contribution in [1.29, 1.82) is 0 Å². The number of hydrogen-bond donors (Lipinski definition) is 1. The number of nitrogens with one attached hydrogen (secondary N) is 1. The van der Waals surface area contributed by atoms with Gasteiger partial charge in [0.05, 0.1) is 16.1 Å². The Kier molecular flexibility index (Phi) is 8.15. The highest BCUT2D eigenvalue weighted by Crippen LogP contribution is 2.23. The average Bonchev–Trinajstić information content (AvgIpc) is 2.44. The molecule has 1 saturated heterocycles. The summed E-state index contributed by atoms with van der Waals surface area (Å²) in [5, 5.41) is 4.50. The molecule has 0 aliphatic carbocycles. The van der Waals surface area contributed by atoms with E-state index in [1.54, 1.807) is 12.1 Å². The van der Waals surface area contributed by atoms with E-state index in [1.165, 1.54) is 12.8 Å². The van der Waals surface area contributed by atoms with Gasteiger partial charge in [-0.25, -0.2) is 0 Å². The number of hydrogen-bond acceptors (Lipinski definition) is 3. The van der Waals surface area contributed by atoms with Crippen molar-refractivity contribution in [2.24, 2.45) is 0 Å². The second-order valence-corrected chi connectivity index (χ2v) is 6.67. The second-order valence-electron chi connectivity index (χ2n) is 5.86. The number of Topliss-reactive ketones (excluding diaryl/α,β-unsaturated/α-hetero) is 1. The van der Waals surface area contributed by atoms with E-state index in [0.29, 0.717) is 16.5 Å². The Morgan fingerprint density at radius 3 is 2.59 bits per heavy atom. The van der Waals surface area contributed by atoms with Crippen LogP contribution in [0.5, 0.6) is 0 Å². The van der Waals surface area contributed by atoms with Gasteiger partial charge in [0.25, 0.3) is 0 Å². The Hall–Kier alpha value is -0.320. The molecule has 1 aliphatic rings.